The molecule has 0 aliphatic heterocycles. The molecule has 0 saturated heterocycles. The Hall–Kier alpha value is -2.21. The second-order valence-electron chi connectivity index (χ2n) is 4.72. The fraction of sp³-hybridized carbons (Fsp3) is 0.250. The molecule has 0 saturated carbocycles. The van der Waals surface area contributed by atoms with Gasteiger partial charge in [-0.3, -0.25) is 0 Å². The van der Waals surface area contributed by atoms with Crippen LogP contribution in [-0.4, -0.2) is 13.7 Å². The van der Waals surface area contributed by atoms with Gasteiger partial charge in [-0.25, -0.2) is 0 Å². The van der Waals surface area contributed by atoms with Gasteiger partial charge >= 0.3 is 6.18 Å². The van der Waals surface area contributed by atoms with Gasteiger partial charge in [0.25, 0.3) is 0 Å². The molecule has 1 unspecified atom stereocenters. The van der Waals surface area contributed by atoms with Crippen molar-refractivity contribution in [2.24, 2.45) is 5.73 Å². The fourth-order valence-electron chi connectivity index (χ4n) is 1.89. The minimum atomic E-state index is -4.35. The summed E-state index contributed by atoms with van der Waals surface area (Å²) in [6, 6.07) is 11.3. The smallest absolute Gasteiger partial charge is 0.416 e. The maximum Gasteiger partial charge on any atom is 0.416 e. The Morgan fingerprint density at radius 3 is 2.32 bits per heavy atom. The average molecular weight is 311 g/mol. The summed E-state index contributed by atoms with van der Waals surface area (Å²) in [5, 5.41) is 0. The summed E-state index contributed by atoms with van der Waals surface area (Å²) in [5.74, 6) is 1.02. The fourth-order valence-corrected chi connectivity index (χ4v) is 1.89. The first-order chi connectivity index (χ1) is 10.4. The first-order valence-electron chi connectivity index (χ1n) is 6.60. The molecule has 0 aliphatic rings. The number of ether oxygens (including phenoxy) is 2. The molecule has 2 aromatic rings. The number of methoxy groups -OCH3 is 1. The predicted octanol–water partition coefficient (Wildman–Crippen LogP) is 3.79. The number of nitrogens with two attached hydrogens (primary N) is 1. The summed E-state index contributed by atoms with van der Waals surface area (Å²) >= 11 is 0. The highest BCUT2D eigenvalue weighted by Gasteiger charge is 2.30. The van der Waals surface area contributed by atoms with E-state index in [-0.39, 0.29) is 6.61 Å². The van der Waals surface area contributed by atoms with Crippen molar-refractivity contribution < 1.29 is 22.6 Å². The van der Waals surface area contributed by atoms with E-state index in [2.05, 4.69) is 0 Å². The maximum absolute atomic E-state index is 12.5. The molecule has 6 heteroatoms. The van der Waals surface area contributed by atoms with E-state index in [0.717, 1.165) is 17.7 Å². The van der Waals surface area contributed by atoms with E-state index in [1.165, 1.54) is 12.1 Å². The van der Waals surface area contributed by atoms with Crippen molar-refractivity contribution in [3.05, 3.63) is 59.7 Å². The molecule has 0 aliphatic carbocycles. The van der Waals surface area contributed by atoms with Crippen LogP contribution >= 0.6 is 0 Å². The van der Waals surface area contributed by atoms with Gasteiger partial charge in [0.1, 0.15) is 18.1 Å². The van der Waals surface area contributed by atoms with Crippen LogP contribution < -0.4 is 15.2 Å². The lowest BCUT2D eigenvalue weighted by Crippen LogP contribution is -2.19. The van der Waals surface area contributed by atoms with Gasteiger partial charge in [0.15, 0.2) is 0 Å². The van der Waals surface area contributed by atoms with Crippen LogP contribution in [-0.2, 0) is 6.18 Å². The van der Waals surface area contributed by atoms with Gasteiger partial charge in [-0.05, 0) is 42.0 Å². The van der Waals surface area contributed by atoms with E-state index >= 15 is 0 Å². The van der Waals surface area contributed by atoms with E-state index in [1.807, 2.05) is 12.1 Å². The first-order valence-corrected chi connectivity index (χ1v) is 6.60. The van der Waals surface area contributed by atoms with Crippen LogP contribution in [0.3, 0.4) is 0 Å². The molecule has 0 heterocycles. The molecule has 0 fully saturated rings. The third-order valence-corrected chi connectivity index (χ3v) is 3.13. The van der Waals surface area contributed by atoms with Crippen LogP contribution in [0.4, 0.5) is 13.2 Å². The summed E-state index contributed by atoms with van der Waals surface area (Å²) < 4.78 is 47.9. The monoisotopic (exact) mass is 311 g/mol. The second-order valence-corrected chi connectivity index (χ2v) is 4.72. The maximum atomic E-state index is 12.5. The Morgan fingerprint density at radius 2 is 1.73 bits per heavy atom. The zero-order valence-corrected chi connectivity index (χ0v) is 11.9. The number of hydrogen-bond donors (Lipinski definition) is 1. The molecule has 2 rings (SSSR count). The molecule has 0 spiro atoms. The minimum absolute atomic E-state index is 0.151. The van der Waals surface area contributed by atoms with E-state index < -0.39 is 17.8 Å². The van der Waals surface area contributed by atoms with Crippen molar-refractivity contribution in [2.75, 3.05) is 13.7 Å². The van der Waals surface area contributed by atoms with Gasteiger partial charge < -0.3 is 15.2 Å². The molecule has 118 valence electrons. The van der Waals surface area contributed by atoms with Gasteiger partial charge in [0.05, 0.1) is 18.7 Å². The van der Waals surface area contributed by atoms with Crippen LogP contribution in [0.15, 0.2) is 48.5 Å². The van der Waals surface area contributed by atoms with Crippen molar-refractivity contribution in [3.8, 4) is 11.5 Å². The van der Waals surface area contributed by atoms with Crippen molar-refractivity contribution in [2.45, 2.75) is 12.2 Å². The number of halogens is 3. The minimum Gasteiger partial charge on any atom is -0.497 e. The number of rotatable bonds is 5. The Morgan fingerprint density at radius 1 is 1.05 bits per heavy atom. The lowest BCUT2D eigenvalue weighted by molar-refractivity contribution is -0.137. The number of benzene rings is 2. The summed E-state index contributed by atoms with van der Waals surface area (Å²) in [6.45, 7) is 0.151. The Kier molecular flexibility index (Phi) is 4.92. The van der Waals surface area contributed by atoms with Crippen LogP contribution in [0.2, 0.25) is 0 Å². The molecule has 2 N–H and O–H groups in total. The number of hydrogen-bond acceptors (Lipinski definition) is 3. The lowest BCUT2D eigenvalue weighted by Gasteiger charge is -2.15. The number of alkyl halides is 3. The van der Waals surface area contributed by atoms with Crippen molar-refractivity contribution in [1.82, 2.24) is 0 Å². The summed E-state index contributed by atoms with van der Waals surface area (Å²) in [6.07, 6.45) is -4.35. The SMILES string of the molecule is COc1cccc(C(N)COc2ccc(C(F)(F)F)cc2)c1. The third kappa shape index (κ3) is 4.14. The molecule has 22 heavy (non-hydrogen) atoms. The highest BCUT2D eigenvalue weighted by Crippen LogP contribution is 2.30. The molecular weight excluding hydrogens is 295 g/mol. The first kappa shape index (κ1) is 16.2. The largest absolute Gasteiger partial charge is 0.497 e. The van der Waals surface area contributed by atoms with E-state index in [1.54, 1.807) is 19.2 Å². The zero-order valence-electron chi connectivity index (χ0n) is 11.9. The highest BCUT2D eigenvalue weighted by atomic mass is 19.4. The van der Waals surface area contributed by atoms with Crippen LogP contribution in [0.5, 0.6) is 11.5 Å². The Labute approximate surface area is 126 Å². The summed E-state index contributed by atoms with van der Waals surface area (Å²) in [4.78, 5) is 0. The van der Waals surface area contributed by atoms with E-state index in [9.17, 15) is 13.2 Å². The van der Waals surface area contributed by atoms with E-state index in [4.69, 9.17) is 15.2 Å². The van der Waals surface area contributed by atoms with Crippen molar-refractivity contribution >= 4 is 0 Å². The van der Waals surface area contributed by atoms with Crippen molar-refractivity contribution in [3.63, 3.8) is 0 Å². The molecule has 0 amide bonds. The molecule has 2 aromatic carbocycles. The van der Waals surface area contributed by atoms with Crippen LogP contribution in [0.1, 0.15) is 17.2 Å². The Balaban J connectivity index is 1.97. The standard InChI is InChI=1S/C16H16F3NO2/c1-21-14-4-2-3-11(9-14)15(20)10-22-13-7-5-12(6-8-13)16(17,18)19/h2-9,15H,10,20H2,1H3. The molecule has 1 atom stereocenters. The second kappa shape index (κ2) is 6.70. The van der Waals surface area contributed by atoms with Crippen molar-refractivity contribution in [1.29, 1.82) is 0 Å². The average Bonchev–Trinajstić information content (AvgIpc) is 2.52. The normalized spacial score (nSPS) is 12.8. The lowest BCUT2D eigenvalue weighted by atomic mass is 10.1. The third-order valence-electron chi connectivity index (χ3n) is 3.13. The Bertz CT molecular complexity index is 612. The molecule has 0 aromatic heterocycles. The van der Waals surface area contributed by atoms with E-state index in [0.29, 0.717) is 11.5 Å². The topological polar surface area (TPSA) is 44.5 Å². The van der Waals surface area contributed by atoms with Gasteiger partial charge in [0, 0.05) is 0 Å². The molecule has 3 nitrogen and oxygen atoms in total. The predicted molar refractivity (Wildman–Crippen MR) is 76.9 cm³/mol. The van der Waals surface area contributed by atoms with Gasteiger partial charge in [0.2, 0.25) is 0 Å². The summed E-state index contributed by atoms with van der Waals surface area (Å²) in [5.41, 5.74) is 6.12. The molecular formula is C16H16F3NO2. The molecule has 0 bridgehead atoms. The van der Waals surface area contributed by atoms with Gasteiger partial charge in [-0.2, -0.15) is 13.2 Å². The zero-order chi connectivity index (χ0) is 16.2. The quantitative estimate of drug-likeness (QED) is 0.913. The van der Waals surface area contributed by atoms with Crippen LogP contribution in [0, 0.1) is 0 Å². The van der Waals surface area contributed by atoms with Crippen LogP contribution in [0.25, 0.3) is 0 Å². The molecule has 0 radical (unpaired) electrons. The highest BCUT2D eigenvalue weighted by molar-refractivity contribution is 5.31. The van der Waals surface area contributed by atoms with Gasteiger partial charge in [-0.15, -0.1) is 0 Å². The van der Waals surface area contributed by atoms with Gasteiger partial charge in [-0.1, -0.05) is 12.1 Å². The summed E-state index contributed by atoms with van der Waals surface area (Å²) in [7, 11) is 1.56.